The summed E-state index contributed by atoms with van der Waals surface area (Å²) >= 11 is 5.93. The van der Waals surface area contributed by atoms with Gasteiger partial charge in [0, 0.05) is 6.20 Å². The Morgan fingerprint density at radius 1 is 1.32 bits per heavy atom. The van der Waals surface area contributed by atoms with Crippen LogP contribution in [0.2, 0.25) is 5.02 Å². The van der Waals surface area contributed by atoms with Crippen molar-refractivity contribution in [2.24, 2.45) is 0 Å². The predicted molar refractivity (Wildman–Crippen MR) is 83.2 cm³/mol. The molecule has 0 fully saturated rings. The minimum absolute atomic E-state index is 0.0550. The van der Waals surface area contributed by atoms with E-state index < -0.39 is 0 Å². The van der Waals surface area contributed by atoms with Gasteiger partial charge in [-0.3, -0.25) is 4.68 Å². The van der Waals surface area contributed by atoms with Crippen LogP contribution in [-0.2, 0) is 6.54 Å². The summed E-state index contributed by atoms with van der Waals surface area (Å²) in [6.07, 6.45) is 4.94. The Morgan fingerprint density at radius 3 is 2.91 bits per heavy atom. The summed E-state index contributed by atoms with van der Waals surface area (Å²) in [7, 11) is 1.66. The lowest BCUT2D eigenvalue weighted by molar-refractivity contribution is 0.414. The lowest BCUT2D eigenvalue weighted by Crippen LogP contribution is -2.15. The van der Waals surface area contributed by atoms with Crippen molar-refractivity contribution in [3.63, 3.8) is 0 Å². The Kier molecular flexibility index (Phi) is 4.11. The zero-order valence-electron chi connectivity index (χ0n) is 12.3. The van der Waals surface area contributed by atoms with Crippen LogP contribution in [0.4, 0.5) is 0 Å². The first kappa shape index (κ1) is 14.6. The molecule has 114 valence electrons. The number of ether oxygens (including phenoxy) is 1. The van der Waals surface area contributed by atoms with Gasteiger partial charge < -0.3 is 4.74 Å². The molecular formula is C15H16ClN5O. The molecule has 0 aliphatic carbocycles. The van der Waals surface area contributed by atoms with Gasteiger partial charge in [0.2, 0.25) is 0 Å². The van der Waals surface area contributed by atoms with Crippen molar-refractivity contribution in [1.82, 2.24) is 24.5 Å². The number of hydrogen-bond donors (Lipinski definition) is 0. The standard InChI is InChI=1S/C15H16ClN5O/c1-11(20-9-13(16)7-18-20)15-17-10-19-21(15)8-12-4-3-5-14(6-12)22-2/h3-7,9-11H,8H2,1-2H3. The number of rotatable bonds is 5. The molecule has 2 aromatic heterocycles. The largest absolute Gasteiger partial charge is 0.497 e. The Balaban J connectivity index is 1.85. The molecular weight excluding hydrogens is 302 g/mol. The SMILES string of the molecule is COc1cccc(Cn2ncnc2C(C)n2cc(Cl)cn2)c1. The maximum Gasteiger partial charge on any atom is 0.151 e. The minimum Gasteiger partial charge on any atom is -0.497 e. The van der Waals surface area contributed by atoms with E-state index in [4.69, 9.17) is 16.3 Å². The highest BCUT2D eigenvalue weighted by atomic mass is 35.5. The van der Waals surface area contributed by atoms with Crippen LogP contribution in [-0.4, -0.2) is 31.7 Å². The summed E-state index contributed by atoms with van der Waals surface area (Å²) in [4.78, 5) is 4.36. The molecule has 0 saturated carbocycles. The number of methoxy groups -OCH3 is 1. The molecule has 0 aliphatic rings. The Labute approximate surface area is 133 Å². The molecule has 1 unspecified atom stereocenters. The van der Waals surface area contributed by atoms with Gasteiger partial charge in [-0.05, 0) is 24.6 Å². The van der Waals surface area contributed by atoms with Crippen molar-refractivity contribution in [2.45, 2.75) is 19.5 Å². The zero-order chi connectivity index (χ0) is 15.5. The number of hydrogen-bond acceptors (Lipinski definition) is 4. The molecule has 0 amide bonds. The van der Waals surface area contributed by atoms with Crippen molar-refractivity contribution >= 4 is 11.6 Å². The van der Waals surface area contributed by atoms with E-state index in [0.29, 0.717) is 11.6 Å². The summed E-state index contributed by atoms with van der Waals surface area (Å²) < 4.78 is 8.88. The number of aromatic nitrogens is 5. The molecule has 0 aliphatic heterocycles. The molecule has 1 atom stereocenters. The number of nitrogens with zero attached hydrogens (tertiary/aromatic N) is 5. The summed E-state index contributed by atoms with van der Waals surface area (Å²) in [6, 6.07) is 7.84. The lowest BCUT2D eigenvalue weighted by atomic mass is 10.2. The van der Waals surface area contributed by atoms with Crippen molar-refractivity contribution in [1.29, 1.82) is 0 Å². The normalized spacial score (nSPS) is 12.3. The van der Waals surface area contributed by atoms with Crippen molar-refractivity contribution in [2.75, 3.05) is 7.11 Å². The second-order valence-corrected chi connectivity index (χ2v) is 5.38. The maximum absolute atomic E-state index is 5.93. The fourth-order valence-electron chi connectivity index (χ4n) is 2.31. The fraction of sp³-hybridized carbons (Fsp3) is 0.267. The van der Waals surface area contributed by atoms with Crippen molar-refractivity contribution in [3.8, 4) is 5.75 Å². The third kappa shape index (κ3) is 2.96. The first-order valence-corrected chi connectivity index (χ1v) is 7.25. The molecule has 1 aromatic carbocycles. The average Bonchev–Trinajstić information content (AvgIpc) is 3.16. The van der Waals surface area contributed by atoms with E-state index in [0.717, 1.165) is 17.1 Å². The Morgan fingerprint density at radius 2 is 2.18 bits per heavy atom. The van der Waals surface area contributed by atoms with Gasteiger partial charge in [-0.15, -0.1) is 0 Å². The Hall–Kier alpha value is -2.34. The maximum atomic E-state index is 5.93. The number of halogens is 1. The molecule has 3 aromatic rings. The van der Waals surface area contributed by atoms with Crippen LogP contribution in [0.15, 0.2) is 43.0 Å². The first-order chi connectivity index (χ1) is 10.7. The monoisotopic (exact) mass is 317 g/mol. The third-order valence-corrected chi connectivity index (χ3v) is 3.65. The summed E-state index contributed by atoms with van der Waals surface area (Å²) in [5, 5.41) is 9.14. The van der Waals surface area contributed by atoms with Gasteiger partial charge in [0.15, 0.2) is 5.82 Å². The molecule has 0 bridgehead atoms. The second-order valence-electron chi connectivity index (χ2n) is 4.94. The molecule has 0 saturated heterocycles. The summed E-state index contributed by atoms with van der Waals surface area (Å²) in [5.41, 5.74) is 1.09. The zero-order valence-corrected chi connectivity index (χ0v) is 13.1. The van der Waals surface area contributed by atoms with Gasteiger partial charge in [0.1, 0.15) is 18.1 Å². The smallest absolute Gasteiger partial charge is 0.151 e. The van der Waals surface area contributed by atoms with E-state index in [1.165, 1.54) is 0 Å². The number of benzene rings is 1. The molecule has 0 radical (unpaired) electrons. The van der Waals surface area contributed by atoms with Gasteiger partial charge in [-0.1, -0.05) is 23.7 Å². The topological polar surface area (TPSA) is 57.8 Å². The summed E-state index contributed by atoms with van der Waals surface area (Å²) in [6.45, 7) is 2.63. The Bertz CT molecular complexity index is 767. The van der Waals surface area contributed by atoms with Crippen LogP contribution in [0.25, 0.3) is 0 Å². The average molecular weight is 318 g/mol. The van der Waals surface area contributed by atoms with Gasteiger partial charge in [-0.2, -0.15) is 10.2 Å². The molecule has 0 spiro atoms. The highest BCUT2D eigenvalue weighted by molar-refractivity contribution is 6.30. The van der Waals surface area contributed by atoms with E-state index in [-0.39, 0.29) is 6.04 Å². The first-order valence-electron chi connectivity index (χ1n) is 6.87. The quantitative estimate of drug-likeness (QED) is 0.726. The summed E-state index contributed by atoms with van der Waals surface area (Å²) in [5.74, 6) is 1.65. The van der Waals surface area contributed by atoms with Crippen molar-refractivity contribution < 1.29 is 4.74 Å². The highest BCUT2D eigenvalue weighted by Gasteiger charge is 2.16. The van der Waals surface area contributed by atoms with Crippen LogP contribution in [0.3, 0.4) is 0 Å². The van der Waals surface area contributed by atoms with E-state index in [2.05, 4.69) is 15.2 Å². The van der Waals surface area contributed by atoms with Gasteiger partial charge in [-0.25, -0.2) is 9.67 Å². The van der Waals surface area contributed by atoms with E-state index in [1.54, 1.807) is 30.5 Å². The van der Waals surface area contributed by atoms with Crippen LogP contribution >= 0.6 is 11.6 Å². The molecule has 7 heteroatoms. The second kappa shape index (κ2) is 6.19. The molecule has 2 heterocycles. The van der Waals surface area contributed by atoms with E-state index in [9.17, 15) is 0 Å². The van der Waals surface area contributed by atoms with Gasteiger partial charge >= 0.3 is 0 Å². The third-order valence-electron chi connectivity index (χ3n) is 3.45. The molecule has 3 rings (SSSR count). The van der Waals surface area contributed by atoms with Crippen LogP contribution < -0.4 is 4.74 Å². The van der Waals surface area contributed by atoms with Crippen LogP contribution in [0.5, 0.6) is 5.75 Å². The lowest BCUT2D eigenvalue weighted by Gasteiger charge is -2.13. The van der Waals surface area contributed by atoms with Crippen LogP contribution in [0, 0.1) is 0 Å². The van der Waals surface area contributed by atoms with E-state index in [1.807, 2.05) is 35.9 Å². The van der Waals surface area contributed by atoms with Gasteiger partial charge in [0.25, 0.3) is 0 Å². The predicted octanol–water partition coefficient (Wildman–Crippen LogP) is 2.79. The minimum atomic E-state index is -0.0550. The molecule has 0 N–H and O–H groups in total. The molecule has 6 nitrogen and oxygen atoms in total. The fourth-order valence-corrected chi connectivity index (χ4v) is 2.45. The van der Waals surface area contributed by atoms with Crippen molar-refractivity contribution in [3.05, 3.63) is 59.4 Å². The van der Waals surface area contributed by atoms with Gasteiger partial charge in [0.05, 0.1) is 24.9 Å². The molecule has 22 heavy (non-hydrogen) atoms. The highest BCUT2D eigenvalue weighted by Crippen LogP contribution is 2.19. The van der Waals surface area contributed by atoms with E-state index >= 15 is 0 Å². The van der Waals surface area contributed by atoms with Crippen LogP contribution in [0.1, 0.15) is 24.4 Å².